The monoisotopic (exact) mass is 226 g/mol. The molecule has 0 aromatic rings. The van der Waals surface area contributed by atoms with E-state index in [1.807, 2.05) is 20.8 Å². The Hall–Kier alpha value is -0.570. The Morgan fingerprint density at radius 3 is 2.25 bits per heavy atom. The molecule has 0 bridgehead atoms. The van der Waals surface area contributed by atoms with Crippen LogP contribution in [0.3, 0.4) is 0 Å². The Morgan fingerprint density at radius 1 is 1.19 bits per heavy atom. The summed E-state index contributed by atoms with van der Waals surface area (Å²) >= 11 is 0. The molecule has 0 aromatic carbocycles. The SMILES string of the molecule is CC1CCC(NCC(=O)NC(C)(C)C)CC1. The van der Waals surface area contributed by atoms with Crippen LogP contribution in [0.25, 0.3) is 0 Å². The van der Waals surface area contributed by atoms with E-state index >= 15 is 0 Å². The second-order valence-corrected chi connectivity index (χ2v) is 6.14. The van der Waals surface area contributed by atoms with E-state index in [0.29, 0.717) is 12.6 Å². The van der Waals surface area contributed by atoms with Crippen molar-refractivity contribution in [3.63, 3.8) is 0 Å². The molecule has 0 atom stereocenters. The average Bonchev–Trinajstić information content (AvgIpc) is 2.14. The molecule has 1 aliphatic rings. The molecular formula is C13H26N2O. The van der Waals surface area contributed by atoms with Crippen LogP contribution in [0.1, 0.15) is 53.4 Å². The highest BCUT2D eigenvalue weighted by Crippen LogP contribution is 2.23. The van der Waals surface area contributed by atoms with Gasteiger partial charge in [0.2, 0.25) is 5.91 Å². The van der Waals surface area contributed by atoms with Crippen molar-refractivity contribution in [2.75, 3.05) is 6.54 Å². The first-order valence-corrected chi connectivity index (χ1v) is 6.41. The fourth-order valence-corrected chi connectivity index (χ4v) is 2.16. The minimum atomic E-state index is -0.125. The van der Waals surface area contributed by atoms with E-state index < -0.39 is 0 Å². The number of hydrogen-bond acceptors (Lipinski definition) is 2. The van der Waals surface area contributed by atoms with Crippen LogP contribution < -0.4 is 10.6 Å². The van der Waals surface area contributed by atoms with E-state index in [9.17, 15) is 4.79 Å². The van der Waals surface area contributed by atoms with Gasteiger partial charge in [-0.05, 0) is 52.4 Å². The van der Waals surface area contributed by atoms with Crippen LogP contribution in [0.4, 0.5) is 0 Å². The molecule has 2 N–H and O–H groups in total. The van der Waals surface area contributed by atoms with E-state index in [4.69, 9.17) is 0 Å². The van der Waals surface area contributed by atoms with Crippen molar-refractivity contribution in [1.29, 1.82) is 0 Å². The normalized spacial score (nSPS) is 26.5. The van der Waals surface area contributed by atoms with E-state index in [-0.39, 0.29) is 11.4 Å². The van der Waals surface area contributed by atoms with Crippen LogP contribution >= 0.6 is 0 Å². The highest BCUT2D eigenvalue weighted by molar-refractivity contribution is 5.78. The molecule has 0 heterocycles. The van der Waals surface area contributed by atoms with Crippen LogP contribution in [-0.2, 0) is 4.79 Å². The fraction of sp³-hybridized carbons (Fsp3) is 0.923. The van der Waals surface area contributed by atoms with Gasteiger partial charge in [-0.1, -0.05) is 6.92 Å². The van der Waals surface area contributed by atoms with Gasteiger partial charge in [0.05, 0.1) is 6.54 Å². The second kappa shape index (κ2) is 5.67. The van der Waals surface area contributed by atoms with Crippen molar-refractivity contribution >= 4 is 5.91 Å². The Kier molecular flexibility index (Phi) is 4.78. The Labute approximate surface area is 99.4 Å². The Bertz CT molecular complexity index is 225. The maximum atomic E-state index is 11.6. The van der Waals surface area contributed by atoms with Crippen molar-refractivity contribution < 1.29 is 4.79 Å². The summed E-state index contributed by atoms with van der Waals surface area (Å²) in [5.74, 6) is 0.965. The molecule has 1 fully saturated rings. The molecule has 94 valence electrons. The van der Waals surface area contributed by atoms with Gasteiger partial charge in [0.1, 0.15) is 0 Å². The van der Waals surface area contributed by atoms with Crippen molar-refractivity contribution in [3.05, 3.63) is 0 Å². The maximum absolute atomic E-state index is 11.6. The first-order valence-electron chi connectivity index (χ1n) is 6.41. The van der Waals surface area contributed by atoms with Crippen LogP contribution in [-0.4, -0.2) is 24.0 Å². The fourth-order valence-electron chi connectivity index (χ4n) is 2.16. The van der Waals surface area contributed by atoms with Crippen LogP contribution in [0, 0.1) is 5.92 Å². The number of rotatable bonds is 3. The van der Waals surface area contributed by atoms with Crippen LogP contribution in [0.2, 0.25) is 0 Å². The lowest BCUT2D eigenvalue weighted by molar-refractivity contribution is -0.121. The molecule has 1 amide bonds. The zero-order valence-electron chi connectivity index (χ0n) is 11.1. The predicted octanol–water partition coefficient (Wildman–Crippen LogP) is 2.07. The largest absolute Gasteiger partial charge is 0.350 e. The molecule has 0 aliphatic heterocycles. The van der Waals surface area contributed by atoms with E-state index in [2.05, 4.69) is 17.6 Å². The van der Waals surface area contributed by atoms with Gasteiger partial charge in [-0.3, -0.25) is 4.79 Å². The minimum absolute atomic E-state index is 0.103. The molecule has 0 aromatic heterocycles. The van der Waals surface area contributed by atoms with Crippen molar-refractivity contribution in [1.82, 2.24) is 10.6 Å². The molecule has 3 nitrogen and oxygen atoms in total. The topological polar surface area (TPSA) is 41.1 Å². The lowest BCUT2D eigenvalue weighted by Crippen LogP contribution is -2.47. The van der Waals surface area contributed by atoms with Crippen LogP contribution in [0.15, 0.2) is 0 Å². The smallest absolute Gasteiger partial charge is 0.234 e. The number of hydrogen-bond donors (Lipinski definition) is 2. The molecule has 1 saturated carbocycles. The summed E-state index contributed by atoms with van der Waals surface area (Å²) < 4.78 is 0. The third-order valence-electron chi connectivity index (χ3n) is 3.08. The summed E-state index contributed by atoms with van der Waals surface area (Å²) in [4.78, 5) is 11.6. The minimum Gasteiger partial charge on any atom is -0.350 e. The second-order valence-electron chi connectivity index (χ2n) is 6.14. The quantitative estimate of drug-likeness (QED) is 0.773. The summed E-state index contributed by atoms with van der Waals surface area (Å²) in [5, 5.41) is 6.32. The lowest BCUT2D eigenvalue weighted by Gasteiger charge is -2.27. The first-order chi connectivity index (χ1) is 7.37. The zero-order valence-corrected chi connectivity index (χ0v) is 11.1. The standard InChI is InChI=1S/C13H26N2O/c1-10-5-7-11(8-6-10)14-9-12(16)15-13(2,3)4/h10-11,14H,5-9H2,1-4H3,(H,15,16). The molecule has 1 rings (SSSR count). The van der Waals surface area contributed by atoms with Gasteiger partial charge >= 0.3 is 0 Å². The highest BCUT2D eigenvalue weighted by Gasteiger charge is 2.19. The van der Waals surface area contributed by atoms with Crippen LogP contribution in [0.5, 0.6) is 0 Å². The van der Waals surface area contributed by atoms with Crippen molar-refractivity contribution in [2.45, 2.75) is 65.0 Å². The molecule has 0 unspecified atom stereocenters. The summed E-state index contributed by atoms with van der Waals surface area (Å²) in [6, 6.07) is 0.543. The van der Waals surface area contributed by atoms with Gasteiger partial charge in [-0.2, -0.15) is 0 Å². The van der Waals surface area contributed by atoms with Crippen molar-refractivity contribution in [3.8, 4) is 0 Å². The number of carbonyl (C=O) groups excluding carboxylic acids is 1. The molecule has 3 heteroatoms. The van der Waals surface area contributed by atoms with Gasteiger partial charge < -0.3 is 10.6 Å². The van der Waals surface area contributed by atoms with E-state index in [1.165, 1.54) is 25.7 Å². The third-order valence-corrected chi connectivity index (χ3v) is 3.08. The number of amides is 1. The van der Waals surface area contributed by atoms with Gasteiger partial charge in [0.15, 0.2) is 0 Å². The molecule has 0 saturated heterocycles. The van der Waals surface area contributed by atoms with Gasteiger partial charge in [0, 0.05) is 11.6 Å². The maximum Gasteiger partial charge on any atom is 0.234 e. The molecule has 0 spiro atoms. The Balaban J connectivity index is 2.17. The molecule has 1 aliphatic carbocycles. The predicted molar refractivity (Wildman–Crippen MR) is 67.3 cm³/mol. The van der Waals surface area contributed by atoms with E-state index in [1.54, 1.807) is 0 Å². The summed E-state index contributed by atoms with van der Waals surface area (Å²) in [5.41, 5.74) is -0.125. The highest BCUT2D eigenvalue weighted by atomic mass is 16.2. The number of nitrogens with one attached hydrogen (secondary N) is 2. The lowest BCUT2D eigenvalue weighted by atomic mass is 9.87. The van der Waals surface area contributed by atoms with E-state index in [0.717, 1.165) is 5.92 Å². The van der Waals surface area contributed by atoms with Crippen molar-refractivity contribution in [2.24, 2.45) is 5.92 Å². The average molecular weight is 226 g/mol. The van der Waals surface area contributed by atoms with Gasteiger partial charge in [-0.15, -0.1) is 0 Å². The first kappa shape index (κ1) is 13.5. The number of carbonyl (C=O) groups is 1. The summed E-state index contributed by atoms with van der Waals surface area (Å²) in [6.45, 7) is 8.78. The summed E-state index contributed by atoms with van der Waals surface area (Å²) in [6.07, 6.45) is 5.01. The van der Waals surface area contributed by atoms with Gasteiger partial charge in [-0.25, -0.2) is 0 Å². The summed E-state index contributed by atoms with van der Waals surface area (Å²) in [7, 11) is 0. The zero-order chi connectivity index (χ0) is 12.2. The molecule has 16 heavy (non-hydrogen) atoms. The van der Waals surface area contributed by atoms with Gasteiger partial charge in [0.25, 0.3) is 0 Å². The third kappa shape index (κ3) is 5.50. The molecule has 0 radical (unpaired) electrons. The Morgan fingerprint density at radius 2 is 1.75 bits per heavy atom. The molecular weight excluding hydrogens is 200 g/mol.